The molecular formula is C14H20N2O2. The van der Waals surface area contributed by atoms with E-state index in [4.69, 9.17) is 0 Å². The van der Waals surface area contributed by atoms with Crippen LogP contribution in [0.15, 0.2) is 30.3 Å². The second kappa shape index (κ2) is 5.50. The number of carbonyl (C=O) groups excluding carboxylic acids is 1. The zero-order chi connectivity index (χ0) is 13.1. The van der Waals surface area contributed by atoms with E-state index in [1.54, 1.807) is 24.1 Å². The van der Waals surface area contributed by atoms with Gasteiger partial charge in [0.25, 0.3) is 5.91 Å². The van der Waals surface area contributed by atoms with Gasteiger partial charge in [-0.15, -0.1) is 0 Å². The molecule has 0 aliphatic carbocycles. The van der Waals surface area contributed by atoms with Crippen molar-refractivity contribution in [1.29, 1.82) is 0 Å². The lowest BCUT2D eigenvalue weighted by Crippen LogP contribution is -2.44. The SMILES string of the molecule is CCN1CC(O)C(N(C)C(=O)c2ccccc2)C1. The molecule has 1 heterocycles. The largest absolute Gasteiger partial charge is 0.390 e. The van der Waals surface area contributed by atoms with Gasteiger partial charge in [-0.05, 0) is 18.7 Å². The summed E-state index contributed by atoms with van der Waals surface area (Å²) in [7, 11) is 1.77. The Morgan fingerprint density at radius 3 is 2.61 bits per heavy atom. The van der Waals surface area contributed by atoms with E-state index >= 15 is 0 Å². The number of aliphatic hydroxyl groups excluding tert-OH is 1. The minimum atomic E-state index is -0.456. The molecule has 18 heavy (non-hydrogen) atoms. The number of amides is 1. The Morgan fingerprint density at radius 1 is 1.39 bits per heavy atom. The molecule has 4 nitrogen and oxygen atoms in total. The minimum absolute atomic E-state index is 0.0300. The van der Waals surface area contributed by atoms with Crippen molar-refractivity contribution >= 4 is 5.91 Å². The molecule has 98 valence electrons. The van der Waals surface area contributed by atoms with Gasteiger partial charge in [-0.2, -0.15) is 0 Å². The molecule has 0 spiro atoms. The maximum Gasteiger partial charge on any atom is 0.253 e. The van der Waals surface area contributed by atoms with Crippen molar-refractivity contribution in [3.8, 4) is 0 Å². The first-order valence-electron chi connectivity index (χ1n) is 6.36. The quantitative estimate of drug-likeness (QED) is 0.861. The van der Waals surface area contributed by atoms with E-state index < -0.39 is 6.10 Å². The Labute approximate surface area is 108 Å². The van der Waals surface area contributed by atoms with Crippen LogP contribution in [0.3, 0.4) is 0 Å². The molecule has 1 aliphatic heterocycles. The third-order valence-electron chi connectivity index (χ3n) is 3.62. The van der Waals surface area contributed by atoms with Crippen LogP contribution in [0.1, 0.15) is 17.3 Å². The molecule has 1 aromatic rings. The molecule has 0 aromatic heterocycles. The van der Waals surface area contributed by atoms with Crippen LogP contribution in [0.25, 0.3) is 0 Å². The lowest BCUT2D eigenvalue weighted by atomic mass is 10.1. The molecule has 0 radical (unpaired) electrons. The van der Waals surface area contributed by atoms with Crippen LogP contribution < -0.4 is 0 Å². The summed E-state index contributed by atoms with van der Waals surface area (Å²) in [5.41, 5.74) is 0.669. The van der Waals surface area contributed by atoms with Crippen molar-refractivity contribution in [2.75, 3.05) is 26.7 Å². The third kappa shape index (κ3) is 2.54. The van der Waals surface area contributed by atoms with Crippen LogP contribution in [-0.4, -0.2) is 59.6 Å². The van der Waals surface area contributed by atoms with Gasteiger partial charge < -0.3 is 10.0 Å². The van der Waals surface area contributed by atoms with Crippen molar-refractivity contribution in [1.82, 2.24) is 9.80 Å². The number of rotatable bonds is 3. The van der Waals surface area contributed by atoms with E-state index in [9.17, 15) is 9.90 Å². The van der Waals surface area contributed by atoms with Crippen molar-refractivity contribution in [2.24, 2.45) is 0 Å². The molecule has 1 fully saturated rings. The standard InChI is InChI=1S/C14H20N2O2/c1-3-16-9-12(13(17)10-16)15(2)14(18)11-7-5-4-6-8-11/h4-8,12-13,17H,3,9-10H2,1-2H3. The molecule has 1 amide bonds. The summed E-state index contributed by atoms with van der Waals surface area (Å²) in [5.74, 6) is -0.0300. The Bertz CT molecular complexity index is 408. The van der Waals surface area contributed by atoms with Crippen LogP contribution in [-0.2, 0) is 0 Å². The van der Waals surface area contributed by atoms with Crippen LogP contribution in [0.5, 0.6) is 0 Å². The number of benzene rings is 1. The van der Waals surface area contributed by atoms with E-state index in [0.29, 0.717) is 12.1 Å². The molecule has 0 saturated carbocycles. The summed E-state index contributed by atoms with van der Waals surface area (Å²) in [6, 6.07) is 9.09. The van der Waals surface area contributed by atoms with Crippen LogP contribution in [0, 0.1) is 0 Å². The normalized spacial score (nSPS) is 24.2. The first-order chi connectivity index (χ1) is 8.63. The molecule has 1 aliphatic rings. The summed E-state index contributed by atoms with van der Waals surface area (Å²) < 4.78 is 0. The zero-order valence-electron chi connectivity index (χ0n) is 10.9. The summed E-state index contributed by atoms with van der Waals surface area (Å²) in [5, 5.41) is 10.0. The first-order valence-corrected chi connectivity index (χ1v) is 6.36. The number of nitrogens with zero attached hydrogens (tertiary/aromatic N) is 2. The zero-order valence-corrected chi connectivity index (χ0v) is 10.9. The van der Waals surface area contributed by atoms with E-state index in [1.807, 2.05) is 18.2 Å². The molecular weight excluding hydrogens is 228 g/mol. The average Bonchev–Trinajstić information content (AvgIpc) is 2.79. The van der Waals surface area contributed by atoms with Gasteiger partial charge in [-0.25, -0.2) is 0 Å². The van der Waals surface area contributed by atoms with Gasteiger partial charge in [0.05, 0.1) is 12.1 Å². The van der Waals surface area contributed by atoms with E-state index in [1.165, 1.54) is 0 Å². The molecule has 2 unspecified atom stereocenters. The van der Waals surface area contributed by atoms with Gasteiger partial charge >= 0.3 is 0 Å². The highest BCUT2D eigenvalue weighted by atomic mass is 16.3. The molecule has 2 atom stereocenters. The number of likely N-dealkylation sites (N-methyl/N-ethyl adjacent to an activating group) is 2. The number of likely N-dealkylation sites (tertiary alicyclic amines) is 1. The maximum absolute atomic E-state index is 12.3. The van der Waals surface area contributed by atoms with Crippen LogP contribution in [0.4, 0.5) is 0 Å². The Kier molecular flexibility index (Phi) is 3.99. The highest BCUT2D eigenvalue weighted by Crippen LogP contribution is 2.17. The molecule has 1 saturated heterocycles. The summed E-state index contributed by atoms with van der Waals surface area (Å²) >= 11 is 0. The Hall–Kier alpha value is -1.39. The topological polar surface area (TPSA) is 43.8 Å². The fraction of sp³-hybridized carbons (Fsp3) is 0.500. The van der Waals surface area contributed by atoms with Crippen LogP contribution >= 0.6 is 0 Å². The summed E-state index contributed by atoms with van der Waals surface area (Å²) in [6.07, 6.45) is -0.456. The molecule has 1 N–H and O–H groups in total. The van der Waals surface area contributed by atoms with E-state index in [0.717, 1.165) is 13.1 Å². The molecule has 0 bridgehead atoms. The van der Waals surface area contributed by atoms with E-state index in [2.05, 4.69) is 11.8 Å². The van der Waals surface area contributed by atoms with Crippen molar-refractivity contribution in [3.05, 3.63) is 35.9 Å². The first kappa shape index (κ1) is 13.1. The maximum atomic E-state index is 12.3. The Balaban J connectivity index is 2.08. The second-order valence-electron chi connectivity index (χ2n) is 4.77. The number of β-amino-alcohol motifs (C(OH)–C–C–N with tert-alkyl or cyclic N) is 1. The van der Waals surface area contributed by atoms with Gasteiger partial charge in [-0.3, -0.25) is 9.69 Å². The molecule has 1 aromatic carbocycles. The smallest absolute Gasteiger partial charge is 0.253 e. The van der Waals surface area contributed by atoms with E-state index in [-0.39, 0.29) is 11.9 Å². The van der Waals surface area contributed by atoms with Gasteiger partial charge in [-0.1, -0.05) is 25.1 Å². The monoisotopic (exact) mass is 248 g/mol. The molecule has 4 heteroatoms. The number of hydrogen-bond acceptors (Lipinski definition) is 3. The Morgan fingerprint density at radius 2 is 2.06 bits per heavy atom. The lowest BCUT2D eigenvalue weighted by Gasteiger charge is -2.26. The van der Waals surface area contributed by atoms with Gasteiger partial charge in [0.15, 0.2) is 0 Å². The van der Waals surface area contributed by atoms with Crippen molar-refractivity contribution in [2.45, 2.75) is 19.1 Å². The van der Waals surface area contributed by atoms with Gasteiger partial charge in [0, 0.05) is 25.7 Å². The fourth-order valence-electron chi connectivity index (χ4n) is 2.42. The average molecular weight is 248 g/mol. The van der Waals surface area contributed by atoms with Gasteiger partial charge in [0.2, 0.25) is 0 Å². The van der Waals surface area contributed by atoms with Gasteiger partial charge in [0.1, 0.15) is 0 Å². The predicted octanol–water partition coefficient (Wildman–Crippen LogP) is 0.824. The molecule has 2 rings (SSSR count). The van der Waals surface area contributed by atoms with Crippen LogP contribution in [0.2, 0.25) is 0 Å². The fourth-order valence-corrected chi connectivity index (χ4v) is 2.42. The summed E-state index contributed by atoms with van der Waals surface area (Å²) in [4.78, 5) is 16.1. The van der Waals surface area contributed by atoms with Crippen molar-refractivity contribution in [3.63, 3.8) is 0 Å². The van der Waals surface area contributed by atoms with Crippen molar-refractivity contribution < 1.29 is 9.90 Å². The highest BCUT2D eigenvalue weighted by molar-refractivity contribution is 5.94. The summed E-state index contributed by atoms with van der Waals surface area (Å²) in [6.45, 7) is 4.36. The highest BCUT2D eigenvalue weighted by Gasteiger charge is 2.35. The minimum Gasteiger partial charge on any atom is -0.390 e. The second-order valence-corrected chi connectivity index (χ2v) is 4.77. The third-order valence-corrected chi connectivity index (χ3v) is 3.62. The number of carbonyl (C=O) groups is 1. The number of aliphatic hydroxyl groups is 1. The lowest BCUT2D eigenvalue weighted by molar-refractivity contribution is 0.0581. The predicted molar refractivity (Wildman–Crippen MR) is 70.4 cm³/mol. The number of hydrogen-bond donors (Lipinski definition) is 1.